The Kier molecular flexibility index (Phi) is 6.42. The van der Waals surface area contributed by atoms with Gasteiger partial charge < -0.3 is 15.3 Å². The standard InChI is InChI=1S/C17H28N2O4/c1-2-9-18-15(20)12-7-10-19(11-8-12)16(21)13-3-5-14(6-4-13)17(22)23/h12-14H,2-11H2,1H3,(H,18,20)(H,22,23). The third kappa shape index (κ3) is 4.69. The Labute approximate surface area is 137 Å². The minimum absolute atomic E-state index is 0.0216. The fraction of sp³-hybridized carbons (Fsp3) is 0.824. The van der Waals surface area contributed by atoms with Crippen LogP contribution < -0.4 is 5.32 Å². The second-order valence-electron chi connectivity index (χ2n) is 6.78. The van der Waals surface area contributed by atoms with Crippen molar-refractivity contribution in [2.75, 3.05) is 19.6 Å². The van der Waals surface area contributed by atoms with Crippen LogP contribution in [0.3, 0.4) is 0 Å². The van der Waals surface area contributed by atoms with Gasteiger partial charge in [-0.1, -0.05) is 6.92 Å². The van der Waals surface area contributed by atoms with Crippen molar-refractivity contribution < 1.29 is 19.5 Å². The maximum absolute atomic E-state index is 12.6. The topological polar surface area (TPSA) is 86.7 Å². The van der Waals surface area contributed by atoms with Crippen LogP contribution in [0.15, 0.2) is 0 Å². The molecule has 6 heteroatoms. The summed E-state index contributed by atoms with van der Waals surface area (Å²) in [5.41, 5.74) is 0. The predicted octanol–water partition coefficient (Wildman–Crippen LogP) is 1.64. The summed E-state index contributed by atoms with van der Waals surface area (Å²) >= 11 is 0. The summed E-state index contributed by atoms with van der Waals surface area (Å²) in [5.74, 6) is -0.770. The van der Waals surface area contributed by atoms with Crippen molar-refractivity contribution in [3.05, 3.63) is 0 Å². The van der Waals surface area contributed by atoms with E-state index in [1.54, 1.807) is 0 Å². The van der Waals surface area contributed by atoms with E-state index in [9.17, 15) is 14.4 Å². The SMILES string of the molecule is CCCNC(=O)C1CCN(C(=O)C2CCC(C(=O)O)CC2)CC1. The Bertz CT molecular complexity index is 436. The first-order chi connectivity index (χ1) is 11.0. The summed E-state index contributed by atoms with van der Waals surface area (Å²) in [5, 5.41) is 11.9. The smallest absolute Gasteiger partial charge is 0.306 e. The highest BCUT2D eigenvalue weighted by atomic mass is 16.4. The zero-order valence-corrected chi connectivity index (χ0v) is 13.9. The monoisotopic (exact) mass is 324 g/mol. The van der Waals surface area contributed by atoms with Crippen molar-refractivity contribution in [2.45, 2.75) is 51.9 Å². The van der Waals surface area contributed by atoms with Crippen LogP contribution in [0.2, 0.25) is 0 Å². The number of piperidine rings is 1. The molecule has 0 aromatic heterocycles. The lowest BCUT2D eigenvalue weighted by Crippen LogP contribution is -2.45. The van der Waals surface area contributed by atoms with Crippen molar-refractivity contribution in [1.82, 2.24) is 10.2 Å². The summed E-state index contributed by atoms with van der Waals surface area (Å²) in [7, 11) is 0. The van der Waals surface area contributed by atoms with Gasteiger partial charge in [0.1, 0.15) is 0 Å². The molecule has 0 bridgehead atoms. The maximum Gasteiger partial charge on any atom is 0.306 e. The zero-order chi connectivity index (χ0) is 16.8. The van der Waals surface area contributed by atoms with Crippen molar-refractivity contribution >= 4 is 17.8 Å². The fourth-order valence-corrected chi connectivity index (χ4v) is 3.60. The number of hydrogen-bond donors (Lipinski definition) is 2. The molecule has 23 heavy (non-hydrogen) atoms. The molecule has 2 fully saturated rings. The second kappa shape index (κ2) is 8.31. The number of likely N-dealkylation sites (tertiary alicyclic amines) is 1. The molecule has 2 amide bonds. The predicted molar refractivity (Wildman–Crippen MR) is 85.7 cm³/mol. The van der Waals surface area contributed by atoms with Gasteiger partial charge >= 0.3 is 5.97 Å². The number of carbonyl (C=O) groups excluding carboxylic acids is 2. The molecule has 1 saturated carbocycles. The van der Waals surface area contributed by atoms with Crippen molar-refractivity contribution in [3.8, 4) is 0 Å². The number of carboxylic acid groups (broad SMARTS) is 1. The number of nitrogens with one attached hydrogen (secondary N) is 1. The molecule has 0 atom stereocenters. The Morgan fingerprint density at radius 1 is 0.957 bits per heavy atom. The molecule has 0 spiro atoms. The van der Waals surface area contributed by atoms with Crippen LogP contribution in [0, 0.1) is 17.8 Å². The van der Waals surface area contributed by atoms with Crippen LogP contribution in [0.1, 0.15) is 51.9 Å². The van der Waals surface area contributed by atoms with Crippen LogP contribution in [-0.4, -0.2) is 47.4 Å². The quantitative estimate of drug-likeness (QED) is 0.805. The van der Waals surface area contributed by atoms with E-state index in [-0.39, 0.29) is 29.6 Å². The highest BCUT2D eigenvalue weighted by Crippen LogP contribution is 2.31. The zero-order valence-electron chi connectivity index (χ0n) is 13.9. The summed E-state index contributed by atoms with van der Waals surface area (Å²) in [4.78, 5) is 37.4. The second-order valence-corrected chi connectivity index (χ2v) is 6.78. The van der Waals surface area contributed by atoms with Crippen LogP contribution in [0.5, 0.6) is 0 Å². The fourth-order valence-electron chi connectivity index (χ4n) is 3.60. The van der Waals surface area contributed by atoms with E-state index in [4.69, 9.17) is 5.11 Å². The van der Waals surface area contributed by atoms with Crippen molar-refractivity contribution in [2.24, 2.45) is 17.8 Å². The lowest BCUT2D eigenvalue weighted by atomic mass is 9.81. The molecule has 1 saturated heterocycles. The van der Waals surface area contributed by atoms with Gasteiger partial charge in [-0.2, -0.15) is 0 Å². The van der Waals surface area contributed by atoms with Crippen LogP contribution >= 0.6 is 0 Å². The lowest BCUT2D eigenvalue weighted by molar-refractivity contribution is -0.146. The molecular formula is C17H28N2O4. The molecule has 0 aromatic carbocycles. The van der Waals surface area contributed by atoms with E-state index in [1.165, 1.54) is 0 Å². The Morgan fingerprint density at radius 3 is 2.04 bits per heavy atom. The van der Waals surface area contributed by atoms with Gasteiger partial charge in [-0.15, -0.1) is 0 Å². The molecule has 2 rings (SSSR count). The third-order valence-corrected chi connectivity index (χ3v) is 5.15. The van der Waals surface area contributed by atoms with E-state index in [1.807, 2.05) is 11.8 Å². The lowest BCUT2D eigenvalue weighted by Gasteiger charge is -2.35. The normalized spacial score (nSPS) is 25.9. The van der Waals surface area contributed by atoms with Crippen molar-refractivity contribution in [3.63, 3.8) is 0 Å². The number of amides is 2. The summed E-state index contributed by atoms with van der Waals surface area (Å²) in [6, 6.07) is 0. The van der Waals surface area contributed by atoms with E-state index >= 15 is 0 Å². The minimum Gasteiger partial charge on any atom is -0.481 e. The van der Waals surface area contributed by atoms with Crippen LogP contribution in [0.25, 0.3) is 0 Å². The van der Waals surface area contributed by atoms with E-state index < -0.39 is 5.97 Å². The average molecular weight is 324 g/mol. The average Bonchev–Trinajstić information content (AvgIpc) is 2.59. The van der Waals surface area contributed by atoms with Crippen molar-refractivity contribution in [1.29, 1.82) is 0 Å². The molecule has 1 aliphatic carbocycles. The van der Waals surface area contributed by atoms with E-state index in [0.29, 0.717) is 45.3 Å². The summed E-state index contributed by atoms with van der Waals surface area (Å²) in [6.07, 6.45) is 4.93. The first-order valence-corrected chi connectivity index (χ1v) is 8.82. The molecule has 2 N–H and O–H groups in total. The van der Waals surface area contributed by atoms with Gasteiger partial charge in [-0.05, 0) is 44.9 Å². The Hall–Kier alpha value is -1.59. The molecule has 0 radical (unpaired) electrons. The Balaban J connectivity index is 1.76. The molecule has 1 heterocycles. The number of nitrogens with zero attached hydrogens (tertiary/aromatic N) is 1. The van der Waals surface area contributed by atoms with Gasteiger partial charge in [-0.25, -0.2) is 0 Å². The van der Waals surface area contributed by atoms with Gasteiger partial charge in [0, 0.05) is 31.5 Å². The first-order valence-electron chi connectivity index (χ1n) is 8.82. The molecule has 1 aliphatic heterocycles. The van der Waals surface area contributed by atoms with Crippen LogP contribution in [-0.2, 0) is 14.4 Å². The number of hydrogen-bond acceptors (Lipinski definition) is 3. The number of aliphatic carboxylic acids is 1. The van der Waals surface area contributed by atoms with Gasteiger partial charge in [0.05, 0.1) is 5.92 Å². The van der Waals surface area contributed by atoms with Gasteiger partial charge in [-0.3, -0.25) is 14.4 Å². The minimum atomic E-state index is -0.741. The largest absolute Gasteiger partial charge is 0.481 e. The Morgan fingerprint density at radius 2 is 1.52 bits per heavy atom. The highest BCUT2D eigenvalue weighted by molar-refractivity contribution is 5.81. The summed E-state index contributed by atoms with van der Waals surface area (Å²) < 4.78 is 0. The number of carboxylic acids is 1. The number of carbonyl (C=O) groups is 3. The highest BCUT2D eigenvalue weighted by Gasteiger charge is 2.34. The third-order valence-electron chi connectivity index (χ3n) is 5.15. The molecule has 0 aromatic rings. The van der Waals surface area contributed by atoms with Gasteiger partial charge in [0.25, 0.3) is 0 Å². The molecule has 130 valence electrons. The maximum atomic E-state index is 12.6. The summed E-state index contributed by atoms with van der Waals surface area (Å²) in [6.45, 7) is 4.02. The molecule has 2 aliphatic rings. The first kappa shape index (κ1) is 17.8. The molecule has 6 nitrogen and oxygen atoms in total. The van der Waals surface area contributed by atoms with Crippen LogP contribution in [0.4, 0.5) is 0 Å². The van der Waals surface area contributed by atoms with E-state index in [2.05, 4.69) is 5.32 Å². The van der Waals surface area contributed by atoms with Gasteiger partial charge in [0.2, 0.25) is 11.8 Å². The van der Waals surface area contributed by atoms with Gasteiger partial charge in [0.15, 0.2) is 0 Å². The molecule has 0 unspecified atom stereocenters. The molecular weight excluding hydrogens is 296 g/mol. The van der Waals surface area contributed by atoms with E-state index in [0.717, 1.165) is 19.3 Å². The number of rotatable bonds is 5.